The molecule has 4 aliphatic rings. The quantitative estimate of drug-likeness (QED) is 0.368. The lowest BCUT2D eigenvalue weighted by Gasteiger charge is -2.27. The van der Waals surface area contributed by atoms with Gasteiger partial charge in [-0.2, -0.15) is 0 Å². The highest BCUT2D eigenvalue weighted by molar-refractivity contribution is 14.0. The predicted molar refractivity (Wildman–Crippen MR) is 112 cm³/mol. The van der Waals surface area contributed by atoms with Crippen molar-refractivity contribution in [1.82, 2.24) is 10.6 Å². The third-order valence-electron chi connectivity index (χ3n) is 6.59. The van der Waals surface area contributed by atoms with Crippen LogP contribution in [-0.2, 0) is 9.84 Å². The normalized spacial score (nSPS) is 37.2. The maximum atomic E-state index is 11.6. The van der Waals surface area contributed by atoms with Gasteiger partial charge in [0.15, 0.2) is 15.8 Å². The van der Waals surface area contributed by atoms with Crippen LogP contribution in [0.1, 0.15) is 57.8 Å². The highest BCUT2D eigenvalue weighted by Gasteiger charge is 2.40. The van der Waals surface area contributed by atoms with E-state index in [1.165, 1.54) is 51.4 Å². The van der Waals surface area contributed by atoms with Crippen LogP contribution in [0.4, 0.5) is 0 Å². The molecule has 4 unspecified atom stereocenters. The van der Waals surface area contributed by atoms with Gasteiger partial charge in [0, 0.05) is 18.6 Å². The van der Waals surface area contributed by atoms with Gasteiger partial charge in [0.05, 0.1) is 11.5 Å². The number of nitrogens with one attached hydrogen (secondary N) is 2. The number of guanidine groups is 1. The van der Waals surface area contributed by atoms with Gasteiger partial charge in [-0.3, -0.25) is 4.99 Å². The molecule has 0 amide bonds. The first-order valence-corrected chi connectivity index (χ1v) is 11.7. The van der Waals surface area contributed by atoms with Gasteiger partial charge in [0.1, 0.15) is 0 Å². The molecule has 25 heavy (non-hydrogen) atoms. The Morgan fingerprint density at radius 2 is 1.80 bits per heavy atom. The number of halogens is 1. The number of hydrogen-bond acceptors (Lipinski definition) is 3. The van der Waals surface area contributed by atoms with E-state index >= 15 is 0 Å². The topological polar surface area (TPSA) is 70.6 Å². The SMILES string of the molecule is I.O=S1(=O)CCC(CN=C(NC2CCCC2)NC2CC3CCC2C3)C1. The molecule has 7 heteroatoms. The van der Waals surface area contributed by atoms with Crippen molar-refractivity contribution < 1.29 is 8.42 Å². The third kappa shape index (κ3) is 5.02. The Bertz CT molecular complexity index is 589. The number of fused-ring (bicyclic) bond motifs is 2. The average molecular weight is 481 g/mol. The lowest BCUT2D eigenvalue weighted by atomic mass is 9.95. The van der Waals surface area contributed by atoms with Crippen LogP contribution in [0.15, 0.2) is 4.99 Å². The molecule has 1 saturated heterocycles. The Hall–Kier alpha value is -0.0500. The number of nitrogens with zero attached hydrogens (tertiary/aromatic N) is 1. The van der Waals surface area contributed by atoms with Crippen LogP contribution < -0.4 is 10.6 Å². The summed E-state index contributed by atoms with van der Waals surface area (Å²) >= 11 is 0. The van der Waals surface area contributed by atoms with Crippen molar-refractivity contribution in [3.05, 3.63) is 0 Å². The van der Waals surface area contributed by atoms with Crippen LogP contribution in [0.2, 0.25) is 0 Å². The average Bonchev–Trinajstić information content (AvgIpc) is 3.29. The Labute approximate surface area is 169 Å². The molecule has 144 valence electrons. The molecule has 0 radical (unpaired) electrons. The van der Waals surface area contributed by atoms with Gasteiger partial charge in [-0.15, -0.1) is 24.0 Å². The minimum atomic E-state index is -2.81. The fourth-order valence-electron chi connectivity index (χ4n) is 5.23. The Kier molecular flexibility index (Phi) is 6.55. The monoisotopic (exact) mass is 481 g/mol. The molecule has 0 aromatic carbocycles. The van der Waals surface area contributed by atoms with Crippen LogP contribution >= 0.6 is 24.0 Å². The molecule has 1 heterocycles. The molecular weight excluding hydrogens is 449 g/mol. The molecule has 2 bridgehead atoms. The van der Waals surface area contributed by atoms with E-state index in [1.807, 2.05) is 0 Å². The second kappa shape index (κ2) is 8.31. The van der Waals surface area contributed by atoms with Crippen molar-refractivity contribution in [3.63, 3.8) is 0 Å². The van der Waals surface area contributed by atoms with Crippen LogP contribution in [-0.4, -0.2) is 44.5 Å². The minimum Gasteiger partial charge on any atom is -0.354 e. The van der Waals surface area contributed by atoms with Gasteiger partial charge >= 0.3 is 0 Å². The molecule has 0 aromatic heterocycles. The Morgan fingerprint density at radius 1 is 1.00 bits per heavy atom. The molecule has 0 spiro atoms. The number of sulfone groups is 1. The summed E-state index contributed by atoms with van der Waals surface area (Å²) in [7, 11) is -2.81. The van der Waals surface area contributed by atoms with Crippen molar-refractivity contribution in [3.8, 4) is 0 Å². The lowest BCUT2D eigenvalue weighted by molar-refractivity contribution is 0.385. The van der Waals surface area contributed by atoms with Gasteiger partial charge < -0.3 is 10.6 Å². The molecule has 2 N–H and O–H groups in total. The molecule has 4 fully saturated rings. The first-order valence-electron chi connectivity index (χ1n) is 9.85. The van der Waals surface area contributed by atoms with Crippen molar-refractivity contribution >= 4 is 39.8 Å². The van der Waals surface area contributed by atoms with Gasteiger partial charge in [0.25, 0.3) is 0 Å². The number of rotatable bonds is 4. The standard InChI is InChI=1S/C18H31N3O2S.HI/c22-24(23)8-7-14(12-24)11-19-18(20-16-3-1-2-4-16)21-17-10-13-5-6-15(17)9-13;/h13-17H,1-12H2,(H2,19,20,21);1H. The minimum absolute atomic E-state index is 0. The van der Waals surface area contributed by atoms with E-state index in [1.54, 1.807) is 0 Å². The van der Waals surface area contributed by atoms with Crippen LogP contribution in [0.3, 0.4) is 0 Å². The molecule has 3 saturated carbocycles. The third-order valence-corrected chi connectivity index (χ3v) is 8.43. The van der Waals surface area contributed by atoms with E-state index in [0.717, 1.165) is 24.2 Å². The van der Waals surface area contributed by atoms with E-state index in [0.29, 0.717) is 30.1 Å². The summed E-state index contributed by atoms with van der Waals surface area (Å²) in [5, 5.41) is 7.34. The smallest absolute Gasteiger partial charge is 0.191 e. The van der Waals surface area contributed by atoms with Crippen molar-refractivity contribution in [2.45, 2.75) is 69.9 Å². The van der Waals surface area contributed by atoms with Gasteiger partial charge in [-0.25, -0.2) is 8.42 Å². The second-order valence-electron chi connectivity index (χ2n) is 8.51. The van der Waals surface area contributed by atoms with E-state index in [-0.39, 0.29) is 29.9 Å². The highest BCUT2D eigenvalue weighted by Crippen LogP contribution is 2.44. The van der Waals surface area contributed by atoms with E-state index in [9.17, 15) is 8.42 Å². The molecule has 0 aromatic rings. The van der Waals surface area contributed by atoms with Crippen LogP contribution in [0.25, 0.3) is 0 Å². The summed E-state index contributed by atoms with van der Waals surface area (Å²) in [6.45, 7) is 0.641. The molecule has 4 atom stereocenters. The van der Waals surface area contributed by atoms with E-state index in [2.05, 4.69) is 10.6 Å². The van der Waals surface area contributed by atoms with Crippen molar-refractivity contribution in [1.29, 1.82) is 0 Å². The highest BCUT2D eigenvalue weighted by atomic mass is 127. The molecule has 3 aliphatic carbocycles. The molecule has 5 nitrogen and oxygen atoms in total. The number of aliphatic imine (C=N–C) groups is 1. The summed E-state index contributed by atoms with van der Waals surface area (Å²) in [6, 6.07) is 1.12. The van der Waals surface area contributed by atoms with Crippen LogP contribution in [0, 0.1) is 17.8 Å². The summed E-state index contributed by atoms with van der Waals surface area (Å²) in [5.41, 5.74) is 0. The molecule has 4 rings (SSSR count). The fourth-order valence-corrected chi connectivity index (χ4v) is 7.08. The molecular formula is C18H32IN3O2S. The van der Waals surface area contributed by atoms with Gasteiger partial charge in [-0.1, -0.05) is 19.3 Å². The van der Waals surface area contributed by atoms with Crippen molar-refractivity contribution in [2.75, 3.05) is 18.1 Å². The largest absolute Gasteiger partial charge is 0.354 e. The van der Waals surface area contributed by atoms with Gasteiger partial charge in [-0.05, 0) is 56.3 Å². The maximum Gasteiger partial charge on any atom is 0.191 e. The zero-order valence-corrected chi connectivity index (χ0v) is 18.1. The fraction of sp³-hybridized carbons (Fsp3) is 0.944. The summed E-state index contributed by atoms with van der Waals surface area (Å²) in [4.78, 5) is 4.81. The second-order valence-corrected chi connectivity index (χ2v) is 10.7. The zero-order chi connectivity index (χ0) is 16.6. The predicted octanol–water partition coefficient (Wildman–Crippen LogP) is 2.71. The zero-order valence-electron chi connectivity index (χ0n) is 15.0. The first-order chi connectivity index (χ1) is 11.6. The van der Waals surface area contributed by atoms with E-state index in [4.69, 9.17) is 4.99 Å². The van der Waals surface area contributed by atoms with Gasteiger partial charge in [0.2, 0.25) is 0 Å². The summed E-state index contributed by atoms with van der Waals surface area (Å²) in [6.07, 6.45) is 11.3. The maximum absolute atomic E-state index is 11.6. The van der Waals surface area contributed by atoms with Crippen LogP contribution in [0.5, 0.6) is 0 Å². The summed E-state index contributed by atoms with van der Waals surface area (Å²) in [5.74, 6) is 3.55. The summed E-state index contributed by atoms with van der Waals surface area (Å²) < 4.78 is 23.3. The van der Waals surface area contributed by atoms with Crippen molar-refractivity contribution in [2.24, 2.45) is 22.7 Å². The number of hydrogen-bond donors (Lipinski definition) is 2. The van der Waals surface area contributed by atoms with E-state index < -0.39 is 9.84 Å². The Balaban J connectivity index is 0.00000182. The first kappa shape index (κ1) is 19.7. The lowest BCUT2D eigenvalue weighted by Crippen LogP contribution is -2.48. The Morgan fingerprint density at radius 3 is 2.40 bits per heavy atom. The molecule has 1 aliphatic heterocycles.